The average Bonchev–Trinajstić information content (AvgIpc) is 2.24. The zero-order chi connectivity index (χ0) is 12.3. The van der Waals surface area contributed by atoms with Gasteiger partial charge >= 0.3 is 0 Å². The molecule has 3 nitrogen and oxygen atoms in total. The Kier molecular flexibility index (Phi) is 4.52. The summed E-state index contributed by atoms with van der Waals surface area (Å²) in [7, 11) is 0. The maximum atomic E-state index is 13.1. The van der Waals surface area contributed by atoms with E-state index < -0.39 is 29.5 Å². The quantitative estimate of drug-likeness (QED) is 0.480. The number of rotatable bonds is 4. The molecule has 16 heavy (non-hydrogen) atoms. The molecule has 1 aromatic rings. The number of anilines is 1. The van der Waals surface area contributed by atoms with Crippen LogP contribution in [0.5, 0.6) is 0 Å². The smallest absolute Gasteiger partial charge is 0.149 e. The first-order valence-corrected chi connectivity index (χ1v) is 5.32. The number of hydrogen-bond donors (Lipinski definition) is 4. The van der Waals surface area contributed by atoms with Crippen LogP contribution in [0.15, 0.2) is 12.1 Å². The molecule has 0 amide bonds. The van der Waals surface area contributed by atoms with E-state index >= 15 is 0 Å². The fourth-order valence-electron chi connectivity index (χ4n) is 1.29. The summed E-state index contributed by atoms with van der Waals surface area (Å²) in [5.41, 5.74) is 4.44. The summed E-state index contributed by atoms with van der Waals surface area (Å²) in [6, 6.07) is 1.82. The number of halogens is 2. The molecule has 4 N–H and O–H groups in total. The monoisotopic (exact) mass is 249 g/mol. The molecule has 0 radical (unpaired) electrons. The topological polar surface area (TPSA) is 66.5 Å². The van der Waals surface area contributed by atoms with Crippen LogP contribution in [0.3, 0.4) is 0 Å². The van der Waals surface area contributed by atoms with Gasteiger partial charge in [0, 0.05) is 0 Å². The third kappa shape index (κ3) is 2.84. The number of benzene rings is 1. The van der Waals surface area contributed by atoms with Crippen LogP contribution in [0.4, 0.5) is 14.5 Å². The Morgan fingerprint density at radius 3 is 2.19 bits per heavy atom. The van der Waals surface area contributed by atoms with Crippen molar-refractivity contribution >= 4 is 18.3 Å². The van der Waals surface area contributed by atoms with Crippen LogP contribution < -0.4 is 5.73 Å². The Morgan fingerprint density at radius 1 is 1.25 bits per heavy atom. The first-order valence-electron chi connectivity index (χ1n) is 4.68. The van der Waals surface area contributed by atoms with Gasteiger partial charge < -0.3 is 15.9 Å². The van der Waals surface area contributed by atoms with E-state index in [0.29, 0.717) is 5.75 Å². The van der Waals surface area contributed by atoms with Gasteiger partial charge in [-0.1, -0.05) is 0 Å². The predicted octanol–water partition coefficient (Wildman–Crippen LogP) is 1.26. The van der Waals surface area contributed by atoms with Crippen molar-refractivity contribution in [3.63, 3.8) is 0 Å². The van der Waals surface area contributed by atoms with E-state index in [9.17, 15) is 19.0 Å². The van der Waals surface area contributed by atoms with Gasteiger partial charge in [-0.3, -0.25) is 0 Å². The predicted molar refractivity (Wildman–Crippen MR) is 60.2 cm³/mol. The Morgan fingerprint density at radius 2 is 1.75 bits per heavy atom. The number of aliphatic hydroxyl groups excluding tert-OH is 2. The van der Waals surface area contributed by atoms with E-state index in [4.69, 9.17) is 5.73 Å². The van der Waals surface area contributed by atoms with Crippen LogP contribution >= 0.6 is 12.6 Å². The minimum atomic E-state index is -1.35. The first kappa shape index (κ1) is 13.2. The van der Waals surface area contributed by atoms with E-state index in [1.54, 1.807) is 0 Å². The highest BCUT2D eigenvalue weighted by Crippen LogP contribution is 2.24. The maximum Gasteiger partial charge on any atom is 0.149 e. The SMILES string of the molecule is Nc1c(F)cc(C(O)C(O)CCS)cc1F. The van der Waals surface area contributed by atoms with Gasteiger partial charge in [-0.2, -0.15) is 12.6 Å². The standard InChI is InChI=1S/C10H13F2NO2S/c11-6-3-5(4-7(12)9(6)13)10(15)8(14)1-2-16/h3-4,8,10,14-16H,1-2,13H2. The summed E-state index contributed by atoms with van der Waals surface area (Å²) in [6.07, 6.45) is -2.24. The molecule has 1 aromatic carbocycles. The normalized spacial score (nSPS) is 14.8. The van der Waals surface area contributed by atoms with E-state index in [1.165, 1.54) is 0 Å². The lowest BCUT2D eigenvalue weighted by atomic mass is 10.0. The van der Waals surface area contributed by atoms with Crippen LogP contribution in [0.2, 0.25) is 0 Å². The molecule has 0 aliphatic heterocycles. The number of aliphatic hydroxyl groups is 2. The molecule has 0 heterocycles. The van der Waals surface area contributed by atoms with Crippen molar-refractivity contribution in [1.82, 2.24) is 0 Å². The minimum Gasteiger partial charge on any atom is -0.394 e. The van der Waals surface area contributed by atoms with Gasteiger partial charge in [-0.05, 0) is 29.9 Å². The van der Waals surface area contributed by atoms with Gasteiger partial charge in [0.1, 0.15) is 23.4 Å². The molecule has 2 atom stereocenters. The Bertz CT molecular complexity index is 353. The van der Waals surface area contributed by atoms with Gasteiger partial charge in [-0.15, -0.1) is 0 Å². The molecular weight excluding hydrogens is 236 g/mol. The van der Waals surface area contributed by atoms with Crippen molar-refractivity contribution in [1.29, 1.82) is 0 Å². The second kappa shape index (κ2) is 5.47. The van der Waals surface area contributed by atoms with Crippen LogP contribution in [0.1, 0.15) is 18.1 Å². The van der Waals surface area contributed by atoms with Gasteiger partial charge in [-0.25, -0.2) is 8.78 Å². The highest BCUT2D eigenvalue weighted by molar-refractivity contribution is 7.80. The molecule has 1 rings (SSSR count). The van der Waals surface area contributed by atoms with E-state index in [2.05, 4.69) is 12.6 Å². The maximum absolute atomic E-state index is 13.1. The molecule has 0 aromatic heterocycles. The lowest BCUT2D eigenvalue weighted by molar-refractivity contribution is 0.0169. The van der Waals surface area contributed by atoms with Gasteiger partial charge in [0.2, 0.25) is 0 Å². The van der Waals surface area contributed by atoms with Crippen molar-refractivity contribution in [3.05, 3.63) is 29.3 Å². The molecule has 90 valence electrons. The molecule has 0 bridgehead atoms. The van der Waals surface area contributed by atoms with Crippen molar-refractivity contribution in [3.8, 4) is 0 Å². The zero-order valence-corrected chi connectivity index (χ0v) is 9.29. The molecule has 0 spiro atoms. The highest BCUT2D eigenvalue weighted by Gasteiger charge is 2.20. The van der Waals surface area contributed by atoms with Crippen molar-refractivity contribution in [2.24, 2.45) is 0 Å². The van der Waals surface area contributed by atoms with Gasteiger partial charge in [0.25, 0.3) is 0 Å². The van der Waals surface area contributed by atoms with Crippen LogP contribution in [0, 0.1) is 11.6 Å². The second-order valence-corrected chi connectivity index (χ2v) is 3.87. The number of hydrogen-bond acceptors (Lipinski definition) is 4. The number of nitrogen functional groups attached to an aromatic ring is 1. The molecule has 0 saturated carbocycles. The Hall–Kier alpha value is -0.850. The van der Waals surface area contributed by atoms with Gasteiger partial charge in [0.15, 0.2) is 0 Å². The van der Waals surface area contributed by atoms with Crippen molar-refractivity contribution in [2.75, 3.05) is 11.5 Å². The Labute approximate surface area is 97.3 Å². The zero-order valence-electron chi connectivity index (χ0n) is 8.40. The summed E-state index contributed by atoms with van der Waals surface area (Å²) in [5.74, 6) is -1.54. The summed E-state index contributed by atoms with van der Waals surface area (Å²) < 4.78 is 26.2. The third-order valence-corrected chi connectivity index (χ3v) is 2.49. The van der Waals surface area contributed by atoms with E-state index in [1.807, 2.05) is 0 Å². The summed E-state index contributed by atoms with van der Waals surface area (Å²) in [4.78, 5) is 0. The minimum absolute atomic E-state index is 0.0431. The van der Waals surface area contributed by atoms with Crippen LogP contribution in [-0.4, -0.2) is 22.1 Å². The van der Waals surface area contributed by atoms with Crippen molar-refractivity contribution < 1.29 is 19.0 Å². The molecule has 0 aliphatic rings. The highest BCUT2D eigenvalue weighted by atomic mass is 32.1. The van der Waals surface area contributed by atoms with Crippen LogP contribution in [-0.2, 0) is 0 Å². The largest absolute Gasteiger partial charge is 0.394 e. The van der Waals surface area contributed by atoms with Crippen molar-refractivity contribution in [2.45, 2.75) is 18.6 Å². The second-order valence-electron chi connectivity index (χ2n) is 3.42. The number of nitrogens with two attached hydrogens (primary N) is 1. The molecule has 0 fully saturated rings. The lowest BCUT2D eigenvalue weighted by Crippen LogP contribution is -2.19. The first-order chi connectivity index (χ1) is 7.47. The average molecular weight is 249 g/mol. The van der Waals surface area contributed by atoms with Crippen LogP contribution in [0.25, 0.3) is 0 Å². The molecular formula is C10H13F2NO2S. The summed E-state index contributed by atoms with van der Waals surface area (Å²) in [6.45, 7) is 0. The molecule has 0 saturated heterocycles. The fourth-order valence-corrected chi connectivity index (χ4v) is 1.55. The molecule has 6 heteroatoms. The van der Waals surface area contributed by atoms with Gasteiger partial charge in [0.05, 0.1) is 6.10 Å². The third-order valence-electron chi connectivity index (χ3n) is 2.23. The fraction of sp³-hybridized carbons (Fsp3) is 0.400. The lowest BCUT2D eigenvalue weighted by Gasteiger charge is -2.17. The summed E-state index contributed by atoms with van der Waals surface area (Å²) in [5, 5.41) is 19.0. The molecule has 0 aliphatic carbocycles. The molecule has 2 unspecified atom stereocenters. The Balaban J connectivity index is 2.96. The van der Waals surface area contributed by atoms with E-state index in [-0.39, 0.29) is 12.0 Å². The summed E-state index contributed by atoms with van der Waals surface area (Å²) >= 11 is 3.88. The number of thiol groups is 1. The van der Waals surface area contributed by atoms with E-state index in [0.717, 1.165) is 12.1 Å².